The molecule has 0 fully saturated rings. The number of hydrogen-bond acceptors (Lipinski definition) is 4. The van der Waals surface area contributed by atoms with E-state index < -0.39 is 10.0 Å². The SMILES string of the molecule is CCn1cc(S(=O)(=O)Nc2ccccc2Sc2ccc(Cl)cc2)cn1. The average molecular weight is 394 g/mol. The van der Waals surface area contributed by atoms with Gasteiger partial charge in [-0.15, -0.1) is 0 Å². The maximum atomic E-state index is 12.6. The largest absolute Gasteiger partial charge is 0.278 e. The lowest BCUT2D eigenvalue weighted by molar-refractivity contribution is 0.600. The molecule has 0 unspecified atom stereocenters. The third-order valence-electron chi connectivity index (χ3n) is 3.42. The van der Waals surface area contributed by atoms with Crippen molar-refractivity contribution in [1.82, 2.24) is 9.78 Å². The molecule has 8 heteroatoms. The molecule has 0 spiro atoms. The molecule has 0 amide bonds. The molecule has 0 aliphatic rings. The molecule has 25 heavy (non-hydrogen) atoms. The smallest absolute Gasteiger partial charge is 0.265 e. The predicted molar refractivity (Wildman–Crippen MR) is 101 cm³/mol. The number of nitrogens with zero attached hydrogens (tertiary/aromatic N) is 2. The Labute approximate surface area is 156 Å². The van der Waals surface area contributed by atoms with Crippen LogP contribution in [0.3, 0.4) is 0 Å². The Morgan fingerprint density at radius 1 is 1.16 bits per heavy atom. The van der Waals surface area contributed by atoms with Crippen LogP contribution in [0.15, 0.2) is 75.6 Å². The Hall–Kier alpha value is -1.96. The van der Waals surface area contributed by atoms with Crippen molar-refractivity contribution in [3.05, 3.63) is 65.9 Å². The minimum atomic E-state index is -3.69. The Bertz CT molecular complexity index is 970. The standard InChI is InChI=1S/C17H16ClN3O2S2/c1-2-21-12-15(11-19-21)25(22,23)20-16-5-3-4-6-17(16)24-14-9-7-13(18)8-10-14/h3-12,20H,2H2,1H3. The predicted octanol–water partition coefficient (Wildman–Crippen LogP) is 4.51. The molecule has 2 aromatic carbocycles. The number of rotatable bonds is 6. The monoisotopic (exact) mass is 393 g/mol. The molecule has 0 aliphatic carbocycles. The molecule has 3 rings (SSSR count). The number of sulfonamides is 1. The number of halogens is 1. The highest BCUT2D eigenvalue weighted by Crippen LogP contribution is 2.34. The lowest BCUT2D eigenvalue weighted by Gasteiger charge is -2.11. The van der Waals surface area contributed by atoms with Crippen LogP contribution >= 0.6 is 23.4 Å². The van der Waals surface area contributed by atoms with Crippen molar-refractivity contribution in [3.63, 3.8) is 0 Å². The first-order valence-electron chi connectivity index (χ1n) is 7.55. The van der Waals surface area contributed by atoms with Crippen LogP contribution in [-0.2, 0) is 16.6 Å². The summed E-state index contributed by atoms with van der Waals surface area (Å²) in [6.45, 7) is 2.51. The molecule has 0 bridgehead atoms. The highest BCUT2D eigenvalue weighted by atomic mass is 35.5. The van der Waals surface area contributed by atoms with E-state index in [0.717, 1.165) is 9.79 Å². The summed E-state index contributed by atoms with van der Waals surface area (Å²) in [6, 6.07) is 14.6. The van der Waals surface area contributed by atoms with Gasteiger partial charge < -0.3 is 0 Å². The summed E-state index contributed by atoms with van der Waals surface area (Å²) in [4.78, 5) is 1.91. The fourth-order valence-electron chi connectivity index (χ4n) is 2.13. The minimum Gasteiger partial charge on any atom is -0.278 e. The Balaban J connectivity index is 1.86. The zero-order chi connectivity index (χ0) is 17.9. The Morgan fingerprint density at radius 3 is 2.56 bits per heavy atom. The van der Waals surface area contributed by atoms with E-state index in [9.17, 15) is 8.42 Å². The van der Waals surface area contributed by atoms with E-state index in [1.54, 1.807) is 28.9 Å². The van der Waals surface area contributed by atoms with E-state index in [4.69, 9.17) is 11.6 Å². The van der Waals surface area contributed by atoms with E-state index in [0.29, 0.717) is 17.3 Å². The number of para-hydroxylation sites is 1. The molecule has 1 N–H and O–H groups in total. The number of anilines is 1. The number of aryl methyl sites for hydroxylation is 1. The van der Waals surface area contributed by atoms with Crippen LogP contribution < -0.4 is 4.72 Å². The summed E-state index contributed by atoms with van der Waals surface area (Å²) in [7, 11) is -3.69. The maximum absolute atomic E-state index is 12.6. The summed E-state index contributed by atoms with van der Waals surface area (Å²) >= 11 is 7.37. The van der Waals surface area contributed by atoms with Gasteiger partial charge in [0.2, 0.25) is 0 Å². The van der Waals surface area contributed by atoms with Crippen LogP contribution in [0.25, 0.3) is 0 Å². The van der Waals surface area contributed by atoms with Crippen molar-refractivity contribution in [2.45, 2.75) is 28.2 Å². The second-order valence-corrected chi connectivity index (χ2v) is 8.42. The highest BCUT2D eigenvalue weighted by Gasteiger charge is 2.18. The molecule has 0 saturated carbocycles. The van der Waals surface area contributed by atoms with Gasteiger partial charge in [0.25, 0.3) is 10.0 Å². The van der Waals surface area contributed by atoms with E-state index in [1.807, 2.05) is 31.2 Å². The molecule has 5 nitrogen and oxygen atoms in total. The lowest BCUT2D eigenvalue weighted by atomic mass is 10.3. The van der Waals surface area contributed by atoms with Crippen molar-refractivity contribution in [2.75, 3.05) is 4.72 Å². The van der Waals surface area contributed by atoms with Gasteiger partial charge in [-0.25, -0.2) is 8.42 Å². The summed E-state index contributed by atoms with van der Waals surface area (Å²) < 4.78 is 29.4. The van der Waals surface area contributed by atoms with Crippen LogP contribution in [-0.4, -0.2) is 18.2 Å². The van der Waals surface area contributed by atoms with Crippen LogP contribution in [0.4, 0.5) is 5.69 Å². The molecule has 0 saturated heterocycles. The van der Waals surface area contributed by atoms with Crippen molar-refractivity contribution in [1.29, 1.82) is 0 Å². The van der Waals surface area contributed by atoms with Crippen LogP contribution in [0.5, 0.6) is 0 Å². The second-order valence-electron chi connectivity index (χ2n) is 5.19. The van der Waals surface area contributed by atoms with Gasteiger partial charge in [0.15, 0.2) is 0 Å². The highest BCUT2D eigenvalue weighted by molar-refractivity contribution is 7.99. The normalized spacial score (nSPS) is 11.4. The Kier molecular flexibility index (Phi) is 5.36. The van der Waals surface area contributed by atoms with Gasteiger partial charge in [-0.05, 0) is 43.3 Å². The zero-order valence-electron chi connectivity index (χ0n) is 13.4. The number of nitrogens with one attached hydrogen (secondary N) is 1. The lowest BCUT2D eigenvalue weighted by Crippen LogP contribution is -2.13. The average Bonchev–Trinajstić information content (AvgIpc) is 3.09. The molecular formula is C17H16ClN3O2S2. The van der Waals surface area contributed by atoms with Crippen molar-refractivity contribution >= 4 is 39.1 Å². The van der Waals surface area contributed by atoms with Gasteiger partial charge in [0, 0.05) is 27.6 Å². The molecule has 130 valence electrons. The third kappa shape index (κ3) is 4.36. The first-order chi connectivity index (χ1) is 12.0. The van der Waals surface area contributed by atoms with E-state index >= 15 is 0 Å². The van der Waals surface area contributed by atoms with Crippen molar-refractivity contribution in [3.8, 4) is 0 Å². The quantitative estimate of drug-likeness (QED) is 0.669. The topological polar surface area (TPSA) is 64.0 Å². The summed E-state index contributed by atoms with van der Waals surface area (Å²) in [5.74, 6) is 0. The fourth-order valence-corrected chi connectivity index (χ4v) is 4.25. The fraction of sp³-hybridized carbons (Fsp3) is 0.118. The van der Waals surface area contributed by atoms with Gasteiger partial charge in [-0.2, -0.15) is 5.10 Å². The number of aromatic nitrogens is 2. The number of hydrogen-bond donors (Lipinski definition) is 1. The molecule has 1 heterocycles. The van der Waals surface area contributed by atoms with Gasteiger partial charge in [0.1, 0.15) is 4.90 Å². The Morgan fingerprint density at radius 2 is 1.88 bits per heavy atom. The van der Waals surface area contributed by atoms with Crippen LogP contribution in [0, 0.1) is 0 Å². The van der Waals surface area contributed by atoms with Gasteiger partial charge >= 0.3 is 0 Å². The molecule has 0 aliphatic heterocycles. The van der Waals surface area contributed by atoms with Gasteiger partial charge in [0.05, 0.1) is 11.9 Å². The van der Waals surface area contributed by atoms with Crippen molar-refractivity contribution in [2.24, 2.45) is 0 Å². The van der Waals surface area contributed by atoms with E-state index in [-0.39, 0.29) is 4.90 Å². The summed E-state index contributed by atoms with van der Waals surface area (Å²) in [5, 5.41) is 4.68. The first kappa shape index (κ1) is 17.8. The zero-order valence-corrected chi connectivity index (χ0v) is 15.8. The second kappa shape index (κ2) is 7.51. The van der Waals surface area contributed by atoms with Crippen LogP contribution in [0.1, 0.15) is 6.92 Å². The molecule has 1 aromatic heterocycles. The molecule has 0 atom stereocenters. The minimum absolute atomic E-state index is 0.139. The van der Waals surface area contributed by atoms with Gasteiger partial charge in [-0.1, -0.05) is 35.5 Å². The maximum Gasteiger partial charge on any atom is 0.265 e. The third-order valence-corrected chi connectivity index (χ3v) is 6.07. The van der Waals surface area contributed by atoms with Gasteiger partial charge in [-0.3, -0.25) is 9.40 Å². The van der Waals surface area contributed by atoms with E-state index in [2.05, 4.69) is 9.82 Å². The van der Waals surface area contributed by atoms with Crippen LogP contribution in [0.2, 0.25) is 5.02 Å². The van der Waals surface area contributed by atoms with Crippen molar-refractivity contribution < 1.29 is 8.42 Å². The summed E-state index contributed by atoms with van der Waals surface area (Å²) in [5.41, 5.74) is 0.520. The molecule has 3 aromatic rings. The number of benzene rings is 2. The molecular weight excluding hydrogens is 378 g/mol. The van der Waals surface area contributed by atoms with E-state index in [1.165, 1.54) is 24.2 Å². The first-order valence-corrected chi connectivity index (χ1v) is 10.2. The summed E-state index contributed by atoms with van der Waals surface area (Å²) in [6.07, 6.45) is 2.86. The molecule has 0 radical (unpaired) electrons.